The molecule has 0 aliphatic heterocycles. The highest BCUT2D eigenvalue weighted by Crippen LogP contribution is 2.21. The van der Waals surface area contributed by atoms with Gasteiger partial charge in [-0.3, -0.25) is 4.72 Å². The first-order valence-electron chi connectivity index (χ1n) is 9.05. The van der Waals surface area contributed by atoms with Gasteiger partial charge in [-0.15, -0.1) is 0 Å². The SMILES string of the molecule is CCOc1ccc(NS(=O)(=O)c2ccc(NC(=O)Nc3cccc(Cl)c3)cc2)cc1. The maximum Gasteiger partial charge on any atom is 0.323 e. The van der Waals surface area contributed by atoms with E-state index in [-0.39, 0.29) is 4.90 Å². The van der Waals surface area contributed by atoms with E-state index in [9.17, 15) is 13.2 Å². The summed E-state index contributed by atoms with van der Waals surface area (Å²) < 4.78 is 33.0. The van der Waals surface area contributed by atoms with E-state index in [2.05, 4.69) is 15.4 Å². The second-order valence-corrected chi connectivity index (χ2v) is 8.30. The number of carbonyl (C=O) groups excluding carboxylic acids is 1. The Hall–Kier alpha value is -3.23. The fourth-order valence-electron chi connectivity index (χ4n) is 2.58. The van der Waals surface area contributed by atoms with E-state index in [1.807, 2.05) is 6.92 Å². The zero-order valence-electron chi connectivity index (χ0n) is 16.1. The standard InChI is InChI=1S/C21H20ClN3O4S/c1-2-29-19-10-6-17(7-11-19)25-30(27,28)20-12-8-16(9-13-20)23-21(26)24-18-5-3-4-15(22)14-18/h3-14,25H,2H2,1H3,(H2,23,24,26). The topological polar surface area (TPSA) is 96.5 Å². The Labute approximate surface area is 180 Å². The van der Waals surface area contributed by atoms with E-state index >= 15 is 0 Å². The zero-order valence-corrected chi connectivity index (χ0v) is 17.6. The van der Waals surface area contributed by atoms with Crippen molar-refractivity contribution >= 4 is 44.7 Å². The number of urea groups is 1. The lowest BCUT2D eigenvalue weighted by Crippen LogP contribution is -2.19. The molecule has 3 aromatic rings. The summed E-state index contributed by atoms with van der Waals surface area (Å²) in [5.74, 6) is 0.659. The minimum atomic E-state index is -3.77. The molecule has 2 amide bonds. The van der Waals surface area contributed by atoms with Crippen LogP contribution in [0, 0.1) is 0 Å². The highest BCUT2D eigenvalue weighted by atomic mass is 35.5. The van der Waals surface area contributed by atoms with Crippen LogP contribution >= 0.6 is 11.6 Å². The summed E-state index contributed by atoms with van der Waals surface area (Å²) in [5, 5.41) is 5.78. The summed E-state index contributed by atoms with van der Waals surface area (Å²) in [6.07, 6.45) is 0. The number of halogens is 1. The van der Waals surface area contributed by atoms with Crippen LogP contribution in [-0.4, -0.2) is 21.1 Å². The Morgan fingerprint density at radius 2 is 1.53 bits per heavy atom. The van der Waals surface area contributed by atoms with Gasteiger partial charge in [-0.1, -0.05) is 17.7 Å². The van der Waals surface area contributed by atoms with Crippen molar-refractivity contribution in [2.75, 3.05) is 22.0 Å². The molecule has 0 fully saturated rings. The predicted octanol–water partition coefficient (Wildman–Crippen LogP) is 5.18. The number of carbonyl (C=O) groups is 1. The summed E-state index contributed by atoms with van der Waals surface area (Å²) in [5.41, 5.74) is 1.40. The van der Waals surface area contributed by atoms with Gasteiger partial charge in [-0.2, -0.15) is 0 Å². The molecular formula is C21H20ClN3O4S. The van der Waals surface area contributed by atoms with Crippen molar-refractivity contribution in [3.63, 3.8) is 0 Å². The van der Waals surface area contributed by atoms with Gasteiger partial charge in [0.25, 0.3) is 10.0 Å². The average molecular weight is 446 g/mol. The molecule has 0 aromatic heterocycles. The predicted molar refractivity (Wildman–Crippen MR) is 119 cm³/mol. The molecule has 0 bridgehead atoms. The van der Waals surface area contributed by atoms with Crippen LogP contribution in [0.15, 0.2) is 77.7 Å². The Bertz CT molecular complexity index is 1120. The maximum atomic E-state index is 12.6. The highest BCUT2D eigenvalue weighted by molar-refractivity contribution is 7.92. The number of ether oxygens (including phenoxy) is 1. The Balaban J connectivity index is 1.63. The van der Waals surface area contributed by atoms with Crippen LogP contribution in [-0.2, 0) is 10.0 Å². The molecule has 0 atom stereocenters. The average Bonchev–Trinajstić information content (AvgIpc) is 2.70. The smallest absolute Gasteiger partial charge is 0.323 e. The molecule has 30 heavy (non-hydrogen) atoms. The number of hydrogen-bond donors (Lipinski definition) is 3. The molecule has 0 unspecified atom stereocenters. The van der Waals surface area contributed by atoms with E-state index in [1.165, 1.54) is 24.3 Å². The van der Waals surface area contributed by atoms with Gasteiger partial charge in [-0.25, -0.2) is 13.2 Å². The lowest BCUT2D eigenvalue weighted by molar-refractivity contribution is 0.262. The molecule has 0 aliphatic rings. The quantitative estimate of drug-likeness (QED) is 0.466. The third kappa shape index (κ3) is 5.88. The van der Waals surface area contributed by atoms with E-state index in [0.717, 1.165) is 0 Å². The summed E-state index contributed by atoms with van der Waals surface area (Å²) in [7, 11) is -3.77. The molecule has 156 valence electrons. The molecule has 0 aliphatic carbocycles. The van der Waals surface area contributed by atoms with Crippen molar-refractivity contribution in [1.82, 2.24) is 0 Å². The largest absolute Gasteiger partial charge is 0.494 e. The van der Waals surface area contributed by atoms with Gasteiger partial charge in [0.2, 0.25) is 0 Å². The lowest BCUT2D eigenvalue weighted by Gasteiger charge is -2.11. The van der Waals surface area contributed by atoms with Gasteiger partial charge in [0, 0.05) is 22.1 Å². The van der Waals surface area contributed by atoms with Gasteiger partial charge in [0.05, 0.1) is 11.5 Å². The summed E-state index contributed by atoms with van der Waals surface area (Å²) in [4.78, 5) is 12.2. The first-order valence-corrected chi connectivity index (χ1v) is 10.9. The normalized spacial score (nSPS) is 10.9. The number of rotatable bonds is 7. The van der Waals surface area contributed by atoms with Crippen molar-refractivity contribution in [3.05, 3.63) is 77.8 Å². The van der Waals surface area contributed by atoms with Gasteiger partial charge in [0.1, 0.15) is 5.75 Å². The van der Waals surface area contributed by atoms with E-state index in [0.29, 0.717) is 34.4 Å². The second-order valence-electron chi connectivity index (χ2n) is 6.18. The number of hydrogen-bond acceptors (Lipinski definition) is 4. The summed E-state index contributed by atoms with van der Waals surface area (Å²) >= 11 is 5.89. The van der Waals surface area contributed by atoms with Crippen molar-refractivity contribution in [1.29, 1.82) is 0 Å². The molecule has 3 aromatic carbocycles. The van der Waals surface area contributed by atoms with Crippen molar-refractivity contribution in [2.45, 2.75) is 11.8 Å². The van der Waals surface area contributed by atoms with Gasteiger partial charge < -0.3 is 15.4 Å². The van der Waals surface area contributed by atoms with Gasteiger partial charge in [0.15, 0.2) is 0 Å². The minimum Gasteiger partial charge on any atom is -0.494 e. The van der Waals surface area contributed by atoms with Crippen LogP contribution in [0.3, 0.4) is 0 Å². The van der Waals surface area contributed by atoms with Gasteiger partial charge >= 0.3 is 6.03 Å². The first kappa shape index (κ1) is 21.5. The maximum absolute atomic E-state index is 12.6. The molecule has 0 radical (unpaired) electrons. The van der Waals surface area contributed by atoms with Crippen LogP contribution in [0.4, 0.5) is 21.9 Å². The Morgan fingerprint density at radius 1 is 0.900 bits per heavy atom. The molecule has 9 heteroatoms. The number of amides is 2. The van der Waals surface area contributed by atoms with Crippen LogP contribution in [0.25, 0.3) is 0 Å². The van der Waals surface area contributed by atoms with Crippen LogP contribution in [0.2, 0.25) is 5.02 Å². The monoisotopic (exact) mass is 445 g/mol. The Morgan fingerprint density at radius 3 is 2.17 bits per heavy atom. The minimum absolute atomic E-state index is 0.0668. The molecular weight excluding hydrogens is 426 g/mol. The number of sulfonamides is 1. The van der Waals surface area contributed by atoms with Crippen LogP contribution in [0.1, 0.15) is 6.92 Å². The third-order valence-electron chi connectivity index (χ3n) is 3.92. The zero-order chi connectivity index (χ0) is 21.6. The van der Waals surface area contributed by atoms with Crippen molar-refractivity contribution < 1.29 is 17.9 Å². The number of anilines is 3. The fourth-order valence-corrected chi connectivity index (χ4v) is 3.83. The summed E-state index contributed by atoms with van der Waals surface area (Å²) in [6.45, 7) is 2.40. The lowest BCUT2D eigenvalue weighted by atomic mass is 10.3. The van der Waals surface area contributed by atoms with E-state index < -0.39 is 16.1 Å². The van der Waals surface area contributed by atoms with Crippen molar-refractivity contribution in [2.24, 2.45) is 0 Å². The molecule has 3 rings (SSSR count). The molecule has 0 saturated heterocycles. The molecule has 0 saturated carbocycles. The van der Waals surface area contributed by atoms with Crippen LogP contribution in [0.5, 0.6) is 5.75 Å². The fraction of sp³-hybridized carbons (Fsp3) is 0.0952. The number of benzene rings is 3. The van der Waals surface area contributed by atoms with Gasteiger partial charge in [-0.05, 0) is 73.7 Å². The molecule has 7 nitrogen and oxygen atoms in total. The molecule has 3 N–H and O–H groups in total. The van der Waals surface area contributed by atoms with Crippen molar-refractivity contribution in [3.8, 4) is 5.75 Å². The first-order chi connectivity index (χ1) is 14.4. The molecule has 0 heterocycles. The number of nitrogens with one attached hydrogen (secondary N) is 3. The Kier molecular flexibility index (Phi) is 6.81. The molecule has 0 spiro atoms. The third-order valence-corrected chi connectivity index (χ3v) is 5.55. The second kappa shape index (κ2) is 9.51. The summed E-state index contributed by atoms with van der Waals surface area (Å²) in [6, 6.07) is 18.7. The van der Waals surface area contributed by atoms with Crippen LogP contribution < -0.4 is 20.1 Å². The van der Waals surface area contributed by atoms with E-state index in [1.54, 1.807) is 48.5 Å². The highest BCUT2D eigenvalue weighted by Gasteiger charge is 2.14. The van der Waals surface area contributed by atoms with E-state index in [4.69, 9.17) is 16.3 Å².